The lowest BCUT2D eigenvalue weighted by atomic mass is 9.95. The fourth-order valence-corrected chi connectivity index (χ4v) is 4.20. The van der Waals surface area contributed by atoms with Crippen molar-refractivity contribution in [3.8, 4) is 5.75 Å². The van der Waals surface area contributed by atoms with Gasteiger partial charge in [0.1, 0.15) is 17.8 Å². The minimum Gasteiger partial charge on any atom is -0.429 e. The van der Waals surface area contributed by atoms with Gasteiger partial charge in [0.15, 0.2) is 0 Å². The maximum atomic E-state index is 5.24. The average molecular weight is 443 g/mol. The zero-order chi connectivity index (χ0) is 23.0. The lowest BCUT2D eigenvalue weighted by Crippen LogP contribution is -2.52. The number of rotatable bonds is 4. The molecule has 5 nitrogen and oxygen atoms in total. The second-order valence-electron chi connectivity index (χ2n) is 7.32. The Morgan fingerprint density at radius 2 is 1.71 bits per heavy atom. The molecule has 2 heterocycles. The van der Waals surface area contributed by atoms with E-state index in [1.54, 1.807) is 0 Å². The molecule has 0 radical (unpaired) electrons. The zero-order valence-electron chi connectivity index (χ0n) is 19.9. The fourth-order valence-electron chi connectivity index (χ4n) is 4.09. The number of hydrogen-bond donors (Lipinski definition) is 3. The summed E-state index contributed by atoms with van der Waals surface area (Å²) in [7, 11) is 0. The number of nitrogens with zero attached hydrogens (tertiary/aromatic N) is 2. The first kappa shape index (κ1) is 25.1. The molecule has 2 aromatic rings. The first-order chi connectivity index (χ1) is 15.1. The third-order valence-electron chi connectivity index (χ3n) is 5.43. The summed E-state index contributed by atoms with van der Waals surface area (Å²) in [5.74, 6) is 1.72. The molecule has 0 saturated carbocycles. The Hall–Kier alpha value is -2.18. The van der Waals surface area contributed by atoms with Gasteiger partial charge >= 0.3 is 0 Å². The monoisotopic (exact) mass is 442 g/mol. The molecule has 0 amide bonds. The molecule has 0 fully saturated rings. The molecule has 4 rings (SSSR count). The summed E-state index contributed by atoms with van der Waals surface area (Å²) >= 11 is 4.01. The Kier molecular flexibility index (Phi) is 9.72. The predicted octanol–water partition coefficient (Wildman–Crippen LogP) is 6.20. The molecule has 3 atom stereocenters. The van der Waals surface area contributed by atoms with Crippen molar-refractivity contribution in [3.05, 3.63) is 59.2 Å². The maximum Gasteiger partial charge on any atom is 0.137 e. The Balaban J connectivity index is 0.000000807. The first-order valence-corrected chi connectivity index (χ1v) is 11.9. The fraction of sp³-hybridized carbons (Fsp3) is 0.480. The van der Waals surface area contributed by atoms with E-state index in [1.807, 2.05) is 33.8 Å². The van der Waals surface area contributed by atoms with Crippen LogP contribution in [0.1, 0.15) is 77.1 Å². The molecule has 2 N–H and O–H groups in total. The quantitative estimate of drug-likeness (QED) is 0.390. The minimum atomic E-state index is 0.0702. The van der Waals surface area contributed by atoms with Crippen LogP contribution < -0.4 is 19.8 Å². The summed E-state index contributed by atoms with van der Waals surface area (Å²) in [6.45, 7) is 14.4. The third-order valence-corrected chi connectivity index (χ3v) is 5.64. The van der Waals surface area contributed by atoms with Gasteiger partial charge in [0.25, 0.3) is 0 Å². The number of amidine groups is 1. The molecule has 170 valence electrons. The van der Waals surface area contributed by atoms with Crippen molar-refractivity contribution in [2.45, 2.75) is 79.6 Å². The van der Waals surface area contributed by atoms with Gasteiger partial charge in [0.2, 0.25) is 0 Å². The molecule has 0 bridgehead atoms. The van der Waals surface area contributed by atoms with Crippen LogP contribution in [0, 0.1) is 6.92 Å². The number of aryl methyl sites for hydroxylation is 1. The molecule has 6 heteroatoms. The van der Waals surface area contributed by atoms with Gasteiger partial charge in [-0.05, 0) is 44.0 Å². The second-order valence-corrected chi connectivity index (χ2v) is 7.50. The highest BCUT2D eigenvalue weighted by Gasteiger charge is 2.39. The molecule has 2 aromatic carbocycles. The molecule has 0 aromatic heterocycles. The summed E-state index contributed by atoms with van der Waals surface area (Å²) in [6.07, 6.45) is 2.26. The van der Waals surface area contributed by atoms with E-state index >= 15 is 0 Å². The number of hydrazone groups is 1. The summed E-state index contributed by atoms with van der Waals surface area (Å²) in [4.78, 5) is 2.30. The molecule has 2 aliphatic heterocycles. The summed E-state index contributed by atoms with van der Waals surface area (Å²) in [5.41, 5.74) is 8.17. The molecule has 0 saturated heterocycles. The van der Waals surface area contributed by atoms with Gasteiger partial charge in [-0.25, -0.2) is 0 Å². The van der Waals surface area contributed by atoms with Crippen LogP contribution in [0.3, 0.4) is 0 Å². The second kappa shape index (κ2) is 12.0. The minimum absolute atomic E-state index is 0.0702. The Labute approximate surface area is 193 Å². The Bertz CT molecular complexity index is 853. The van der Waals surface area contributed by atoms with Crippen molar-refractivity contribution in [1.82, 2.24) is 10.7 Å². The molecule has 0 aliphatic carbocycles. The SMILES string of the molecule is CC.CC.CCC[C@@H]1NC(c2ccc(C)cc2)c2cc(OS)ccc2N2C(C)=NNC12. The van der Waals surface area contributed by atoms with Gasteiger partial charge in [-0.2, -0.15) is 5.10 Å². The lowest BCUT2D eigenvalue weighted by molar-refractivity contribution is 0.363. The maximum absolute atomic E-state index is 5.24. The first-order valence-electron chi connectivity index (χ1n) is 11.5. The van der Waals surface area contributed by atoms with E-state index < -0.39 is 0 Å². The van der Waals surface area contributed by atoms with Crippen LogP contribution in [0.2, 0.25) is 0 Å². The van der Waals surface area contributed by atoms with Crippen molar-refractivity contribution in [3.63, 3.8) is 0 Å². The predicted molar refractivity (Wildman–Crippen MR) is 136 cm³/mol. The van der Waals surface area contributed by atoms with Crippen LogP contribution in [0.25, 0.3) is 0 Å². The topological polar surface area (TPSA) is 48.9 Å². The molecule has 31 heavy (non-hydrogen) atoms. The number of hydrogen-bond acceptors (Lipinski definition) is 6. The van der Waals surface area contributed by atoms with Gasteiger partial charge < -0.3 is 9.08 Å². The van der Waals surface area contributed by atoms with E-state index in [-0.39, 0.29) is 18.2 Å². The van der Waals surface area contributed by atoms with E-state index in [0.717, 1.165) is 30.1 Å². The standard InChI is InChI=1S/C21H26N4OS.2C2H6/c1-4-5-18-21-24-23-14(3)25(21)19-11-10-16(26-27)12-17(19)20(22-18)15-8-6-13(2)7-9-15;2*1-2/h6-12,18,20-22,24,27H,4-5H2,1-3H3;2*1-2H3/t18-,20?,21?;;/m0../s1. The van der Waals surface area contributed by atoms with Crippen LogP contribution >= 0.6 is 12.9 Å². The van der Waals surface area contributed by atoms with Crippen molar-refractivity contribution < 1.29 is 4.18 Å². The number of anilines is 1. The highest BCUT2D eigenvalue weighted by atomic mass is 32.1. The summed E-state index contributed by atoms with van der Waals surface area (Å²) in [5, 5.41) is 8.41. The Morgan fingerprint density at radius 1 is 1.03 bits per heavy atom. The third kappa shape index (κ3) is 5.36. The number of thiol groups is 1. The van der Waals surface area contributed by atoms with Crippen LogP contribution in [0.5, 0.6) is 5.75 Å². The van der Waals surface area contributed by atoms with E-state index in [1.165, 1.54) is 16.7 Å². The van der Waals surface area contributed by atoms with Gasteiger partial charge in [0, 0.05) is 30.2 Å². The van der Waals surface area contributed by atoms with Crippen LogP contribution in [0.15, 0.2) is 47.6 Å². The smallest absolute Gasteiger partial charge is 0.137 e. The largest absolute Gasteiger partial charge is 0.429 e. The van der Waals surface area contributed by atoms with Gasteiger partial charge in [-0.15, -0.1) is 0 Å². The molecule has 0 spiro atoms. The van der Waals surface area contributed by atoms with E-state index in [4.69, 9.17) is 4.18 Å². The molecular weight excluding hydrogens is 404 g/mol. The van der Waals surface area contributed by atoms with Crippen LogP contribution in [-0.4, -0.2) is 18.0 Å². The molecule has 2 unspecified atom stereocenters. The molecular formula is C25H38N4OS. The van der Waals surface area contributed by atoms with E-state index in [9.17, 15) is 0 Å². The van der Waals surface area contributed by atoms with Crippen molar-refractivity contribution in [2.75, 3.05) is 4.90 Å². The van der Waals surface area contributed by atoms with Crippen molar-refractivity contribution in [2.24, 2.45) is 5.10 Å². The summed E-state index contributed by atoms with van der Waals surface area (Å²) in [6, 6.07) is 15.2. The van der Waals surface area contributed by atoms with Gasteiger partial charge in [-0.3, -0.25) is 10.7 Å². The van der Waals surface area contributed by atoms with E-state index in [0.29, 0.717) is 0 Å². The Morgan fingerprint density at radius 3 is 2.32 bits per heavy atom. The number of fused-ring (bicyclic) bond motifs is 3. The number of benzene rings is 2. The zero-order valence-corrected chi connectivity index (χ0v) is 20.8. The van der Waals surface area contributed by atoms with Crippen LogP contribution in [0.4, 0.5) is 5.69 Å². The highest BCUT2D eigenvalue weighted by molar-refractivity contribution is 7.75. The number of nitrogens with one attached hydrogen (secondary N) is 2. The lowest BCUT2D eigenvalue weighted by Gasteiger charge is -2.30. The van der Waals surface area contributed by atoms with E-state index in [2.05, 4.69) is 90.8 Å². The average Bonchev–Trinajstić information content (AvgIpc) is 3.14. The van der Waals surface area contributed by atoms with Gasteiger partial charge in [-0.1, -0.05) is 70.9 Å². The van der Waals surface area contributed by atoms with Gasteiger partial charge in [0.05, 0.1) is 6.04 Å². The molecule has 2 aliphatic rings. The normalized spacial score (nSPS) is 21.1. The highest BCUT2D eigenvalue weighted by Crippen LogP contribution is 2.39. The summed E-state index contributed by atoms with van der Waals surface area (Å²) < 4.78 is 5.24. The van der Waals surface area contributed by atoms with Crippen molar-refractivity contribution >= 4 is 24.4 Å². The van der Waals surface area contributed by atoms with Crippen molar-refractivity contribution in [1.29, 1.82) is 0 Å². The van der Waals surface area contributed by atoms with Crippen LogP contribution in [-0.2, 0) is 0 Å².